The van der Waals surface area contributed by atoms with Crippen LogP contribution in [0.3, 0.4) is 0 Å². The van der Waals surface area contributed by atoms with Gasteiger partial charge in [-0.2, -0.15) is 20.1 Å². The number of ether oxygens (including phenoxy) is 1. The van der Waals surface area contributed by atoms with E-state index in [-0.39, 0.29) is 54.2 Å². The van der Waals surface area contributed by atoms with Gasteiger partial charge < -0.3 is 4.74 Å². The van der Waals surface area contributed by atoms with E-state index in [2.05, 4.69) is 25.6 Å². The molecular weight excluding hydrogens is 780 g/mol. The Morgan fingerprint density at radius 2 is 1.75 bits per heavy atom. The first kappa shape index (κ1) is 40.0. The van der Waals surface area contributed by atoms with E-state index in [1.165, 1.54) is 11.0 Å². The van der Waals surface area contributed by atoms with E-state index in [4.69, 9.17) is 21.3 Å². The van der Waals surface area contributed by atoms with E-state index < -0.39 is 41.2 Å². The minimum atomic E-state index is -2.95. The van der Waals surface area contributed by atoms with Crippen LogP contribution in [0.15, 0.2) is 90.3 Å². The maximum Gasteiger partial charge on any atom is 0.414 e. The molecule has 2 amide bonds. The number of rotatable bonds is 14. The van der Waals surface area contributed by atoms with Crippen LogP contribution < -0.4 is 5.32 Å². The number of aliphatic imine (C=N–C) groups is 1. The molecule has 13 nitrogen and oxygen atoms in total. The number of carbonyl (C=O) groups excluding carboxylic acids is 3. The van der Waals surface area contributed by atoms with Crippen molar-refractivity contribution in [3.05, 3.63) is 113 Å². The van der Waals surface area contributed by atoms with E-state index in [0.29, 0.717) is 22.9 Å². The summed E-state index contributed by atoms with van der Waals surface area (Å²) in [4.78, 5) is 54.6. The summed E-state index contributed by atoms with van der Waals surface area (Å²) in [7, 11) is 0. The summed E-state index contributed by atoms with van der Waals surface area (Å²) in [6, 6.07) is 20.7. The molecular formula is C43H44ClF2N9O4. The van der Waals surface area contributed by atoms with E-state index in [0.717, 1.165) is 47.8 Å². The van der Waals surface area contributed by atoms with E-state index in [1.54, 1.807) is 23.1 Å². The van der Waals surface area contributed by atoms with Gasteiger partial charge in [0.05, 0.1) is 29.0 Å². The molecule has 2 saturated carbocycles. The Hall–Kier alpha value is -5.83. The molecule has 8 rings (SSSR count). The lowest BCUT2D eigenvalue weighted by molar-refractivity contribution is -0.135. The van der Waals surface area contributed by atoms with Crippen LogP contribution in [-0.4, -0.2) is 58.4 Å². The fourth-order valence-corrected chi connectivity index (χ4v) is 7.80. The molecule has 59 heavy (non-hydrogen) atoms. The highest BCUT2D eigenvalue weighted by molar-refractivity contribution is 6.32. The Kier molecular flexibility index (Phi) is 10.9. The second-order valence-corrected chi connectivity index (χ2v) is 17.0. The van der Waals surface area contributed by atoms with Gasteiger partial charge in [0.1, 0.15) is 24.4 Å². The van der Waals surface area contributed by atoms with Crippen LogP contribution in [0.1, 0.15) is 107 Å². The number of nitrogens with zero attached hydrogens (tertiary/aromatic N) is 8. The number of hydrogen-bond acceptors (Lipinski definition) is 9. The summed E-state index contributed by atoms with van der Waals surface area (Å²) >= 11 is 6.62. The summed E-state index contributed by atoms with van der Waals surface area (Å²) < 4.78 is 34.7. The largest absolute Gasteiger partial charge is 0.444 e. The third-order valence-electron chi connectivity index (χ3n) is 10.7. The maximum atomic E-state index is 15.6. The number of alkyl halides is 2. The Labute approximate surface area is 344 Å². The number of aromatic nitrogens is 6. The number of nitrogens with one attached hydrogen (secondary N) is 1. The lowest BCUT2D eigenvalue weighted by atomic mass is 9.75. The molecule has 3 heterocycles. The van der Waals surface area contributed by atoms with E-state index in [1.807, 2.05) is 75.4 Å². The first-order chi connectivity index (χ1) is 28.3. The third-order valence-corrected chi connectivity index (χ3v) is 11.0. The van der Waals surface area contributed by atoms with Crippen molar-refractivity contribution in [3.8, 4) is 16.9 Å². The van der Waals surface area contributed by atoms with Crippen LogP contribution >= 0.6 is 11.6 Å². The average Bonchev–Trinajstić information content (AvgIpc) is 4.13. The maximum absolute atomic E-state index is 15.6. The van der Waals surface area contributed by atoms with Crippen molar-refractivity contribution >= 4 is 35.3 Å². The number of benzene rings is 3. The quantitative estimate of drug-likeness (QED) is 0.117. The zero-order valence-corrected chi connectivity index (χ0v) is 33.6. The van der Waals surface area contributed by atoms with Crippen molar-refractivity contribution in [2.45, 2.75) is 96.4 Å². The number of alkyl carbamates (subject to hydrolysis) is 1. The predicted octanol–water partition coefficient (Wildman–Crippen LogP) is 8.71. The van der Waals surface area contributed by atoms with Gasteiger partial charge >= 0.3 is 6.09 Å². The van der Waals surface area contributed by atoms with Crippen LogP contribution in [0.5, 0.6) is 0 Å². The standard InChI is InChI=1S/C43H44ClF2N9O4/c1-42(2,3)24-43(30-14-11-27(12-15-30)33-22-48-55(52-33)31-16-17-31)39(57)53(40(51-43)50-41(58)59-23-26-7-5-4-6-8-26)34(19-20-36(56)28-9-10-28)29-13-18-32(44)35(21-29)54-38(37(45)46)47-25-49-54/h4-8,11-15,18,21-22,25,28,31,34,37H,9-10,16-17,19-20,23-24H2,1-3H3,(H,50,51,58)/t34-,43-/m1/s1. The minimum Gasteiger partial charge on any atom is -0.444 e. The molecule has 1 aliphatic heterocycles. The molecule has 5 aromatic rings. The highest BCUT2D eigenvalue weighted by Gasteiger charge is 2.54. The monoisotopic (exact) mass is 823 g/mol. The number of ketones is 1. The van der Waals surface area contributed by atoms with Crippen molar-refractivity contribution in [1.82, 2.24) is 40.0 Å². The number of halogens is 3. The van der Waals surface area contributed by atoms with Gasteiger partial charge in [0.25, 0.3) is 12.3 Å². The molecule has 2 aliphatic carbocycles. The van der Waals surface area contributed by atoms with Gasteiger partial charge in [0, 0.05) is 17.9 Å². The predicted molar refractivity (Wildman–Crippen MR) is 215 cm³/mol. The third kappa shape index (κ3) is 8.66. The van der Waals surface area contributed by atoms with Crippen LogP contribution in [0.25, 0.3) is 16.9 Å². The smallest absolute Gasteiger partial charge is 0.414 e. The van der Waals surface area contributed by atoms with Crippen LogP contribution in [-0.2, 0) is 26.5 Å². The summed E-state index contributed by atoms with van der Waals surface area (Å²) in [6.07, 6.45) is 3.07. The lowest BCUT2D eigenvalue weighted by Gasteiger charge is -2.35. The first-order valence-electron chi connectivity index (χ1n) is 19.7. The van der Waals surface area contributed by atoms with Crippen LogP contribution in [0, 0.1) is 11.3 Å². The molecule has 2 aromatic heterocycles. The molecule has 0 radical (unpaired) electrons. The summed E-state index contributed by atoms with van der Waals surface area (Å²) in [5.74, 6) is -1.15. The van der Waals surface area contributed by atoms with Crippen LogP contribution in [0.4, 0.5) is 13.6 Å². The van der Waals surface area contributed by atoms with Gasteiger partial charge in [0.15, 0.2) is 11.4 Å². The normalized spacial score (nSPS) is 18.6. The Balaban J connectivity index is 1.22. The molecule has 0 unspecified atom stereocenters. The second-order valence-electron chi connectivity index (χ2n) is 16.6. The van der Waals surface area contributed by atoms with E-state index >= 15 is 4.79 Å². The van der Waals surface area contributed by atoms with Gasteiger partial charge in [0.2, 0.25) is 5.96 Å². The van der Waals surface area contributed by atoms with Gasteiger partial charge in [-0.3, -0.25) is 19.8 Å². The van der Waals surface area contributed by atoms with Gasteiger partial charge in [-0.15, -0.1) is 0 Å². The van der Waals surface area contributed by atoms with Crippen molar-refractivity contribution in [2.75, 3.05) is 0 Å². The van der Waals surface area contributed by atoms with Crippen molar-refractivity contribution < 1.29 is 27.9 Å². The molecule has 2 atom stereocenters. The summed E-state index contributed by atoms with van der Waals surface area (Å²) in [5.41, 5.74) is 1.36. The molecule has 306 valence electrons. The number of guanidine groups is 1. The molecule has 0 bridgehead atoms. The van der Waals surface area contributed by atoms with Crippen LogP contribution in [0.2, 0.25) is 5.02 Å². The summed E-state index contributed by atoms with van der Waals surface area (Å²) in [6.45, 7) is 5.96. The molecule has 3 aromatic carbocycles. The Morgan fingerprint density at radius 1 is 1.00 bits per heavy atom. The Bertz CT molecular complexity index is 2390. The minimum absolute atomic E-state index is 0.0436. The first-order valence-corrected chi connectivity index (χ1v) is 20.1. The highest BCUT2D eigenvalue weighted by Crippen LogP contribution is 2.47. The van der Waals surface area contributed by atoms with Gasteiger partial charge in [-0.25, -0.2) is 28.2 Å². The van der Waals surface area contributed by atoms with Crippen molar-refractivity contribution in [2.24, 2.45) is 16.3 Å². The van der Waals surface area contributed by atoms with Gasteiger partial charge in [-0.05, 0) is 72.8 Å². The average molecular weight is 824 g/mol. The lowest BCUT2D eigenvalue weighted by Crippen LogP contribution is -2.48. The molecule has 16 heteroatoms. The SMILES string of the molecule is CC(C)(C)C[C@]1(c2ccc(-c3cnn(C4CC4)n3)cc2)N=C(NC(=O)OCc2ccccc2)N([C@H](CCC(=O)C2CC2)c2ccc(Cl)c(-n3ncnc3C(F)F)c2)C1=O. The van der Waals surface area contributed by atoms with Crippen molar-refractivity contribution in [1.29, 1.82) is 0 Å². The topological polar surface area (TPSA) is 149 Å². The van der Waals surface area contributed by atoms with E-state index in [9.17, 15) is 18.4 Å². The molecule has 0 saturated heterocycles. The zero-order chi connectivity index (χ0) is 41.5. The molecule has 1 N–H and O–H groups in total. The second kappa shape index (κ2) is 16.1. The fourth-order valence-electron chi connectivity index (χ4n) is 7.60. The van der Waals surface area contributed by atoms with Gasteiger partial charge in [-0.1, -0.05) is 93.0 Å². The zero-order valence-electron chi connectivity index (χ0n) is 32.9. The number of Topliss-reactive ketones (excluding diaryl/α,β-unsaturated/α-hetero) is 1. The Morgan fingerprint density at radius 3 is 2.42 bits per heavy atom. The molecule has 2 fully saturated rings. The number of amides is 2. The molecule has 0 spiro atoms. The number of carbonyl (C=O) groups is 3. The molecule has 3 aliphatic rings. The number of hydrogen-bond donors (Lipinski definition) is 1. The summed E-state index contributed by atoms with van der Waals surface area (Å²) in [5, 5.41) is 16.0. The fraction of sp³-hybridized carbons (Fsp3) is 0.395. The van der Waals surface area contributed by atoms with Crippen molar-refractivity contribution in [3.63, 3.8) is 0 Å². The highest BCUT2D eigenvalue weighted by atomic mass is 35.5.